The van der Waals surface area contributed by atoms with Gasteiger partial charge in [-0.05, 0) is 19.1 Å². The van der Waals surface area contributed by atoms with Crippen molar-refractivity contribution in [3.8, 4) is 23.1 Å². The molecule has 0 unspecified atom stereocenters. The molecule has 0 aliphatic rings. The smallest absolute Gasteiger partial charge is 0.236 e. The zero-order valence-corrected chi connectivity index (χ0v) is 8.80. The van der Waals surface area contributed by atoms with E-state index in [4.69, 9.17) is 14.5 Å². The number of aromatic nitrogens is 1. The van der Waals surface area contributed by atoms with Crippen LogP contribution < -0.4 is 4.74 Å². The maximum absolute atomic E-state index is 8.66. The number of rotatable bonds is 3. The fourth-order valence-corrected chi connectivity index (χ4v) is 1.41. The van der Waals surface area contributed by atoms with Crippen molar-refractivity contribution in [1.29, 1.82) is 5.26 Å². The van der Waals surface area contributed by atoms with Gasteiger partial charge in [0.25, 0.3) is 0 Å². The maximum atomic E-state index is 8.66. The third-order valence-electron chi connectivity index (χ3n) is 2.08. The molecular formula is C12H10N2O2. The lowest BCUT2D eigenvalue weighted by molar-refractivity contribution is 0.341. The molecule has 0 saturated heterocycles. The largest absolute Gasteiger partial charge is 0.493 e. The van der Waals surface area contributed by atoms with Crippen molar-refractivity contribution in [2.45, 2.75) is 6.92 Å². The molecule has 0 radical (unpaired) electrons. The zero-order chi connectivity index (χ0) is 11.4. The number of nitrogens with zero attached hydrogens (tertiary/aromatic N) is 2. The van der Waals surface area contributed by atoms with Crippen molar-refractivity contribution >= 4 is 0 Å². The minimum absolute atomic E-state index is 0.196. The number of benzene rings is 1. The van der Waals surface area contributed by atoms with E-state index >= 15 is 0 Å². The fourth-order valence-electron chi connectivity index (χ4n) is 1.41. The molecule has 4 nitrogen and oxygen atoms in total. The van der Waals surface area contributed by atoms with Gasteiger partial charge < -0.3 is 9.26 Å². The van der Waals surface area contributed by atoms with Gasteiger partial charge in [0.15, 0.2) is 0 Å². The van der Waals surface area contributed by atoms with Crippen molar-refractivity contribution < 1.29 is 9.26 Å². The van der Waals surface area contributed by atoms with E-state index in [-0.39, 0.29) is 5.76 Å². The summed E-state index contributed by atoms with van der Waals surface area (Å²) in [5, 5.41) is 12.5. The normalized spacial score (nSPS) is 9.75. The molecule has 16 heavy (non-hydrogen) atoms. The SMILES string of the molecule is CCOc1ccccc1-c1cc(C#N)on1. The van der Waals surface area contributed by atoms with E-state index in [9.17, 15) is 0 Å². The molecule has 4 heteroatoms. The molecule has 2 aromatic rings. The summed E-state index contributed by atoms with van der Waals surface area (Å²) in [5.74, 6) is 0.934. The van der Waals surface area contributed by atoms with Crippen LogP contribution in [0, 0.1) is 11.3 Å². The van der Waals surface area contributed by atoms with Crippen LogP contribution in [0.5, 0.6) is 5.75 Å². The molecule has 0 aliphatic heterocycles. The summed E-state index contributed by atoms with van der Waals surface area (Å²) in [5.41, 5.74) is 1.44. The first kappa shape index (κ1) is 10.2. The summed E-state index contributed by atoms with van der Waals surface area (Å²) >= 11 is 0. The van der Waals surface area contributed by atoms with E-state index < -0.39 is 0 Å². The van der Waals surface area contributed by atoms with Gasteiger partial charge in [0.2, 0.25) is 5.76 Å². The van der Waals surface area contributed by atoms with Crippen LogP contribution in [-0.2, 0) is 0 Å². The lowest BCUT2D eigenvalue weighted by atomic mass is 10.1. The molecule has 1 heterocycles. The summed E-state index contributed by atoms with van der Waals surface area (Å²) in [6.07, 6.45) is 0. The first-order valence-corrected chi connectivity index (χ1v) is 4.94. The lowest BCUT2D eigenvalue weighted by Gasteiger charge is -2.06. The van der Waals surface area contributed by atoms with Crippen molar-refractivity contribution in [2.24, 2.45) is 0 Å². The molecular weight excluding hydrogens is 204 g/mol. The Morgan fingerprint density at radius 1 is 1.44 bits per heavy atom. The Bertz CT molecular complexity index is 526. The summed E-state index contributed by atoms with van der Waals surface area (Å²) in [4.78, 5) is 0. The Morgan fingerprint density at radius 2 is 2.25 bits per heavy atom. The number of hydrogen-bond donors (Lipinski definition) is 0. The molecule has 0 atom stereocenters. The second-order valence-corrected chi connectivity index (χ2v) is 3.12. The molecule has 2 rings (SSSR count). The van der Waals surface area contributed by atoms with Crippen molar-refractivity contribution in [3.63, 3.8) is 0 Å². The van der Waals surface area contributed by atoms with Gasteiger partial charge in [-0.15, -0.1) is 0 Å². The molecule has 80 valence electrons. The Kier molecular flexibility index (Phi) is 2.88. The topological polar surface area (TPSA) is 59.0 Å². The predicted molar refractivity (Wildman–Crippen MR) is 57.8 cm³/mol. The van der Waals surface area contributed by atoms with E-state index in [0.717, 1.165) is 11.3 Å². The number of para-hydroxylation sites is 1. The summed E-state index contributed by atoms with van der Waals surface area (Å²) in [6, 6.07) is 11.0. The van der Waals surface area contributed by atoms with Gasteiger partial charge in [0, 0.05) is 11.6 Å². The van der Waals surface area contributed by atoms with Crippen molar-refractivity contribution in [1.82, 2.24) is 5.16 Å². The van der Waals surface area contributed by atoms with Gasteiger partial charge in [-0.25, -0.2) is 0 Å². The van der Waals surface area contributed by atoms with Crippen LogP contribution in [-0.4, -0.2) is 11.8 Å². The molecule has 0 saturated carbocycles. The van der Waals surface area contributed by atoms with Gasteiger partial charge in [0.05, 0.1) is 6.61 Å². The van der Waals surface area contributed by atoms with E-state index in [1.807, 2.05) is 37.3 Å². The molecule has 0 spiro atoms. The van der Waals surface area contributed by atoms with Crippen molar-refractivity contribution in [2.75, 3.05) is 6.61 Å². The van der Waals surface area contributed by atoms with Gasteiger partial charge in [0.1, 0.15) is 17.5 Å². The average Bonchev–Trinajstić information content (AvgIpc) is 2.79. The van der Waals surface area contributed by atoms with Crippen LogP contribution in [0.15, 0.2) is 34.9 Å². The van der Waals surface area contributed by atoms with Crippen LogP contribution in [0.1, 0.15) is 12.7 Å². The predicted octanol–water partition coefficient (Wildman–Crippen LogP) is 2.61. The van der Waals surface area contributed by atoms with E-state index in [1.54, 1.807) is 6.07 Å². The van der Waals surface area contributed by atoms with E-state index in [1.165, 1.54) is 0 Å². The highest BCUT2D eigenvalue weighted by atomic mass is 16.5. The molecule has 0 amide bonds. The van der Waals surface area contributed by atoms with Gasteiger partial charge in [-0.1, -0.05) is 17.3 Å². The maximum Gasteiger partial charge on any atom is 0.236 e. The average molecular weight is 214 g/mol. The van der Waals surface area contributed by atoms with Gasteiger partial charge >= 0.3 is 0 Å². The zero-order valence-electron chi connectivity index (χ0n) is 8.80. The highest BCUT2D eigenvalue weighted by molar-refractivity contribution is 5.67. The van der Waals surface area contributed by atoms with Crippen LogP contribution >= 0.6 is 0 Å². The molecule has 0 N–H and O–H groups in total. The van der Waals surface area contributed by atoms with Crippen LogP contribution in [0.3, 0.4) is 0 Å². The van der Waals surface area contributed by atoms with Crippen LogP contribution in [0.4, 0.5) is 0 Å². The summed E-state index contributed by atoms with van der Waals surface area (Å²) in [7, 11) is 0. The number of ether oxygens (including phenoxy) is 1. The Morgan fingerprint density at radius 3 is 2.94 bits per heavy atom. The first-order chi connectivity index (χ1) is 7.85. The third kappa shape index (κ3) is 1.89. The van der Waals surface area contributed by atoms with Crippen molar-refractivity contribution in [3.05, 3.63) is 36.1 Å². The summed E-state index contributed by atoms with van der Waals surface area (Å²) in [6.45, 7) is 2.50. The number of nitriles is 1. The molecule has 0 fully saturated rings. The molecule has 0 bridgehead atoms. The van der Waals surface area contributed by atoms with E-state index in [2.05, 4.69) is 5.16 Å². The molecule has 0 aliphatic carbocycles. The number of hydrogen-bond acceptors (Lipinski definition) is 4. The minimum atomic E-state index is 0.196. The molecule has 1 aromatic carbocycles. The Balaban J connectivity index is 2.43. The Hall–Kier alpha value is -2.28. The standard InChI is InChI=1S/C12H10N2O2/c1-2-15-12-6-4-3-5-10(12)11-7-9(8-13)16-14-11/h3-7H,2H2,1H3. The van der Waals surface area contributed by atoms with Crippen LogP contribution in [0.25, 0.3) is 11.3 Å². The summed E-state index contributed by atoms with van der Waals surface area (Å²) < 4.78 is 10.3. The quantitative estimate of drug-likeness (QED) is 0.787. The third-order valence-corrected chi connectivity index (χ3v) is 2.08. The van der Waals surface area contributed by atoms with Crippen LogP contribution in [0.2, 0.25) is 0 Å². The monoisotopic (exact) mass is 214 g/mol. The molecule has 1 aromatic heterocycles. The minimum Gasteiger partial charge on any atom is -0.493 e. The highest BCUT2D eigenvalue weighted by Gasteiger charge is 2.10. The Labute approximate surface area is 93.1 Å². The van der Waals surface area contributed by atoms with Gasteiger partial charge in [-0.3, -0.25) is 0 Å². The first-order valence-electron chi connectivity index (χ1n) is 4.94. The van der Waals surface area contributed by atoms with E-state index in [0.29, 0.717) is 12.3 Å². The fraction of sp³-hybridized carbons (Fsp3) is 0.167. The van der Waals surface area contributed by atoms with Gasteiger partial charge in [-0.2, -0.15) is 5.26 Å². The highest BCUT2D eigenvalue weighted by Crippen LogP contribution is 2.29. The second-order valence-electron chi connectivity index (χ2n) is 3.12. The second kappa shape index (κ2) is 4.49. The lowest BCUT2D eigenvalue weighted by Crippen LogP contribution is -1.93.